The molecule has 2 heterocycles. The Bertz CT molecular complexity index is 1060. The Labute approximate surface area is 169 Å². The van der Waals surface area contributed by atoms with Crippen molar-refractivity contribution in [3.8, 4) is 11.1 Å². The van der Waals surface area contributed by atoms with Gasteiger partial charge in [0.25, 0.3) is 0 Å². The molecule has 0 radical (unpaired) electrons. The van der Waals surface area contributed by atoms with Gasteiger partial charge >= 0.3 is 5.97 Å². The van der Waals surface area contributed by atoms with Gasteiger partial charge in [0, 0.05) is 35.9 Å². The van der Waals surface area contributed by atoms with Crippen molar-refractivity contribution in [1.82, 2.24) is 9.97 Å². The fraction of sp³-hybridized carbons (Fsp3) is 0.0435. The van der Waals surface area contributed by atoms with Gasteiger partial charge < -0.3 is 10.5 Å². The van der Waals surface area contributed by atoms with E-state index >= 15 is 0 Å². The quantitative estimate of drug-likeness (QED) is 0.230. The van der Waals surface area contributed by atoms with E-state index in [0.717, 1.165) is 16.7 Å². The van der Waals surface area contributed by atoms with Crippen LogP contribution in [-0.4, -0.2) is 28.9 Å². The number of benzene rings is 1. The van der Waals surface area contributed by atoms with Crippen LogP contribution >= 0.6 is 0 Å². The second-order valence-electron chi connectivity index (χ2n) is 6.10. The summed E-state index contributed by atoms with van der Waals surface area (Å²) in [5.41, 5.74) is 10.3. The van der Waals surface area contributed by atoms with E-state index in [0.29, 0.717) is 11.3 Å². The fourth-order valence-electron chi connectivity index (χ4n) is 2.61. The molecular weight excluding hydrogens is 364 g/mol. The summed E-state index contributed by atoms with van der Waals surface area (Å²) in [5.74, 6) is -0.261. The zero-order valence-electron chi connectivity index (χ0n) is 15.9. The molecule has 0 aliphatic heterocycles. The highest BCUT2D eigenvalue weighted by molar-refractivity contribution is 6.01. The molecule has 1 aromatic carbocycles. The Morgan fingerprint density at radius 3 is 2.28 bits per heavy atom. The maximum atomic E-state index is 11.8. The predicted molar refractivity (Wildman–Crippen MR) is 114 cm³/mol. The summed E-state index contributed by atoms with van der Waals surface area (Å²) in [6.45, 7) is 3.75. The summed E-state index contributed by atoms with van der Waals surface area (Å²) in [7, 11) is 1.30. The lowest BCUT2D eigenvalue weighted by Crippen LogP contribution is -2.13. The summed E-state index contributed by atoms with van der Waals surface area (Å²) in [4.78, 5) is 24.5. The summed E-state index contributed by atoms with van der Waals surface area (Å²) in [6.07, 6.45) is 8.35. The van der Waals surface area contributed by atoms with E-state index in [1.807, 2.05) is 42.5 Å². The highest BCUT2D eigenvalue weighted by Gasteiger charge is 2.09. The van der Waals surface area contributed by atoms with Crippen molar-refractivity contribution in [2.45, 2.75) is 0 Å². The van der Waals surface area contributed by atoms with E-state index in [-0.39, 0.29) is 11.4 Å². The van der Waals surface area contributed by atoms with Crippen molar-refractivity contribution in [2.75, 3.05) is 7.11 Å². The average Bonchev–Trinajstić information content (AvgIpc) is 2.79. The second kappa shape index (κ2) is 9.23. The van der Waals surface area contributed by atoms with Gasteiger partial charge in [-0.3, -0.25) is 9.97 Å². The molecular formula is C23H20N4O2. The molecule has 0 fully saturated rings. The number of nitrogens with zero attached hydrogens (tertiary/aromatic N) is 3. The van der Waals surface area contributed by atoms with E-state index in [1.54, 1.807) is 36.9 Å². The van der Waals surface area contributed by atoms with Gasteiger partial charge in [-0.15, -0.1) is 0 Å². The lowest BCUT2D eigenvalue weighted by Gasteiger charge is -2.08. The van der Waals surface area contributed by atoms with Crippen LogP contribution in [0.2, 0.25) is 0 Å². The van der Waals surface area contributed by atoms with Crippen molar-refractivity contribution < 1.29 is 9.53 Å². The van der Waals surface area contributed by atoms with E-state index < -0.39 is 5.97 Å². The monoisotopic (exact) mass is 384 g/mol. The lowest BCUT2D eigenvalue weighted by atomic mass is 10.0. The van der Waals surface area contributed by atoms with Crippen molar-refractivity contribution in [3.63, 3.8) is 0 Å². The number of carbonyl (C=O) groups excluding carboxylic acids is 1. The van der Waals surface area contributed by atoms with Gasteiger partial charge in [0.2, 0.25) is 0 Å². The number of aromatic nitrogens is 2. The molecule has 0 atom stereocenters. The second-order valence-corrected chi connectivity index (χ2v) is 6.10. The van der Waals surface area contributed by atoms with Crippen molar-refractivity contribution in [1.29, 1.82) is 0 Å². The highest BCUT2D eigenvalue weighted by Crippen LogP contribution is 2.24. The summed E-state index contributed by atoms with van der Waals surface area (Å²) < 4.78 is 4.74. The Morgan fingerprint density at radius 1 is 1.00 bits per heavy atom. The van der Waals surface area contributed by atoms with Gasteiger partial charge in [0.05, 0.1) is 18.4 Å². The van der Waals surface area contributed by atoms with Crippen LogP contribution < -0.4 is 5.73 Å². The third kappa shape index (κ3) is 5.01. The number of amidine groups is 1. The molecule has 0 amide bonds. The van der Waals surface area contributed by atoms with E-state index in [9.17, 15) is 4.79 Å². The minimum Gasteiger partial charge on any atom is -0.465 e. The van der Waals surface area contributed by atoms with Crippen LogP contribution in [-0.2, 0) is 9.53 Å². The topological polar surface area (TPSA) is 90.5 Å². The highest BCUT2D eigenvalue weighted by atomic mass is 16.5. The molecule has 0 bridgehead atoms. The number of hydrogen-bond acceptors (Lipinski definition) is 5. The molecule has 0 aliphatic carbocycles. The Kier molecular flexibility index (Phi) is 6.27. The number of ether oxygens (including phenoxy) is 1. The van der Waals surface area contributed by atoms with Gasteiger partial charge in [-0.05, 0) is 35.4 Å². The van der Waals surface area contributed by atoms with Gasteiger partial charge in [-0.25, -0.2) is 9.79 Å². The third-order valence-electron chi connectivity index (χ3n) is 4.13. The molecule has 29 heavy (non-hydrogen) atoms. The van der Waals surface area contributed by atoms with Gasteiger partial charge in [-0.1, -0.05) is 36.9 Å². The SMILES string of the molecule is C=C(/C=C(\N=C(/N)c1cccnc1)c1ccc(-c2cccnc2)cc1)C(=O)OC. The molecule has 6 nitrogen and oxygen atoms in total. The lowest BCUT2D eigenvalue weighted by molar-refractivity contribution is -0.135. The van der Waals surface area contributed by atoms with Crippen LogP contribution in [0.1, 0.15) is 11.1 Å². The Hall–Kier alpha value is -4.06. The summed E-state index contributed by atoms with van der Waals surface area (Å²) >= 11 is 0. The number of carbonyl (C=O) groups is 1. The predicted octanol–water partition coefficient (Wildman–Crippen LogP) is 3.62. The number of esters is 1. The van der Waals surface area contributed by atoms with Crippen molar-refractivity contribution in [2.24, 2.45) is 10.7 Å². The summed E-state index contributed by atoms with van der Waals surface area (Å²) in [6, 6.07) is 15.2. The number of aliphatic imine (C=N–C) groups is 1. The van der Waals surface area contributed by atoms with E-state index in [1.165, 1.54) is 7.11 Å². The maximum Gasteiger partial charge on any atom is 0.337 e. The third-order valence-corrected chi connectivity index (χ3v) is 4.13. The molecule has 6 heteroatoms. The van der Waals surface area contributed by atoms with Crippen molar-refractivity contribution in [3.05, 3.63) is 103 Å². The molecule has 3 aromatic rings. The Morgan fingerprint density at radius 2 is 1.69 bits per heavy atom. The fourth-order valence-corrected chi connectivity index (χ4v) is 2.61. The molecule has 0 spiro atoms. The summed E-state index contributed by atoms with van der Waals surface area (Å²) in [5, 5.41) is 0. The normalized spacial score (nSPS) is 11.8. The minimum atomic E-state index is -0.537. The first-order valence-corrected chi connectivity index (χ1v) is 8.83. The molecule has 0 saturated heterocycles. The average molecular weight is 384 g/mol. The number of rotatable bonds is 6. The maximum absolute atomic E-state index is 11.8. The molecule has 0 unspecified atom stereocenters. The van der Waals surface area contributed by atoms with Crippen LogP contribution in [0.15, 0.2) is 96.5 Å². The van der Waals surface area contributed by atoms with E-state index in [2.05, 4.69) is 21.5 Å². The molecule has 0 aliphatic rings. The van der Waals surface area contributed by atoms with Crippen LogP contribution in [0, 0.1) is 0 Å². The number of nitrogens with two attached hydrogens (primary N) is 1. The molecule has 3 rings (SSSR count). The number of pyridine rings is 2. The molecule has 144 valence electrons. The Balaban J connectivity index is 2.00. The number of methoxy groups -OCH3 is 1. The van der Waals surface area contributed by atoms with Crippen LogP contribution in [0.3, 0.4) is 0 Å². The van der Waals surface area contributed by atoms with Gasteiger partial charge in [0.1, 0.15) is 5.84 Å². The zero-order chi connectivity index (χ0) is 20.6. The van der Waals surface area contributed by atoms with Crippen LogP contribution in [0.25, 0.3) is 16.8 Å². The van der Waals surface area contributed by atoms with Crippen molar-refractivity contribution >= 4 is 17.5 Å². The largest absolute Gasteiger partial charge is 0.465 e. The van der Waals surface area contributed by atoms with Crippen LogP contribution in [0.5, 0.6) is 0 Å². The first-order chi connectivity index (χ1) is 14.1. The first-order valence-electron chi connectivity index (χ1n) is 8.83. The first kappa shape index (κ1) is 19.7. The van der Waals surface area contributed by atoms with Gasteiger partial charge in [-0.2, -0.15) is 0 Å². The van der Waals surface area contributed by atoms with Gasteiger partial charge in [0.15, 0.2) is 0 Å². The zero-order valence-corrected chi connectivity index (χ0v) is 15.9. The molecule has 2 N–H and O–H groups in total. The molecule has 0 saturated carbocycles. The smallest absolute Gasteiger partial charge is 0.337 e. The van der Waals surface area contributed by atoms with E-state index in [4.69, 9.17) is 10.5 Å². The standard InChI is InChI=1S/C23H20N4O2/c1-16(23(28)29-2)13-21(27-22(24)20-6-4-12-26-15-20)18-9-7-17(8-10-18)19-5-3-11-25-14-19/h3-15H,1H2,2H3,(H2,24,27)/b21-13-. The van der Waals surface area contributed by atoms with Crippen LogP contribution in [0.4, 0.5) is 0 Å². The number of hydrogen-bond donors (Lipinski definition) is 1. The molecule has 2 aromatic heterocycles. The minimum absolute atomic E-state index is 0.168.